The molecule has 4 saturated carbocycles. The third-order valence-corrected chi connectivity index (χ3v) is 10.6. The molecule has 6 heteroatoms. The summed E-state index contributed by atoms with van der Waals surface area (Å²) in [6, 6.07) is 0. The molecule has 0 unspecified atom stereocenters. The lowest BCUT2D eigenvalue weighted by Gasteiger charge is -2.65. The van der Waals surface area contributed by atoms with Crippen LogP contribution in [-0.2, 0) is 9.53 Å². The Hall–Kier alpha value is -1.24. The van der Waals surface area contributed by atoms with Crippen LogP contribution < -0.4 is 0 Å². The van der Waals surface area contributed by atoms with E-state index in [1.165, 1.54) is 6.08 Å². The zero-order chi connectivity index (χ0) is 23.5. The highest BCUT2D eigenvalue weighted by atomic mass is 16.5. The summed E-state index contributed by atoms with van der Waals surface area (Å²) in [5.41, 5.74) is -2.62. The van der Waals surface area contributed by atoms with Crippen molar-refractivity contribution in [3.05, 3.63) is 12.2 Å². The number of ether oxygens (including phenoxy) is 1. The van der Waals surface area contributed by atoms with E-state index >= 15 is 0 Å². The highest BCUT2D eigenvalue weighted by Crippen LogP contribution is 2.70. The molecule has 0 aromatic heterocycles. The molecule has 1 heterocycles. The summed E-state index contributed by atoms with van der Waals surface area (Å²) in [4.78, 5) is 16.6. The molecule has 0 spiro atoms. The minimum atomic E-state index is -0.965. The number of unbranched alkanes of at least 4 members (excludes halogenated alkanes) is 1. The molecule has 5 aliphatic rings. The predicted octanol–water partition coefficient (Wildman–Crippen LogP) is 3.57. The Kier molecular flexibility index (Phi) is 5.81. The molecule has 9 atom stereocenters. The highest BCUT2D eigenvalue weighted by Gasteiger charge is 2.71. The summed E-state index contributed by atoms with van der Waals surface area (Å²) in [6.07, 6.45) is 13.3. The minimum Gasteiger partial charge on any atom is -0.455 e. The fourth-order valence-electron chi connectivity index (χ4n) is 8.82. The number of aliphatic hydroxyl groups is 3. The maximum atomic E-state index is 12.4. The van der Waals surface area contributed by atoms with Gasteiger partial charge in [0.1, 0.15) is 6.10 Å². The van der Waals surface area contributed by atoms with Crippen LogP contribution >= 0.6 is 0 Å². The van der Waals surface area contributed by atoms with E-state index in [-0.39, 0.29) is 35.2 Å². The molecule has 33 heavy (non-hydrogen) atoms. The summed E-state index contributed by atoms with van der Waals surface area (Å²) < 4.78 is 5.60. The lowest BCUT2D eigenvalue weighted by atomic mass is 9.41. The van der Waals surface area contributed by atoms with Gasteiger partial charge in [-0.3, -0.25) is 4.99 Å². The molecule has 1 aliphatic heterocycles. The number of hydrogen-bond acceptors (Lipinski definition) is 6. The van der Waals surface area contributed by atoms with E-state index in [0.717, 1.165) is 51.5 Å². The van der Waals surface area contributed by atoms with Crippen LogP contribution in [0, 0.1) is 28.6 Å². The quantitative estimate of drug-likeness (QED) is 0.332. The van der Waals surface area contributed by atoms with Gasteiger partial charge in [0.05, 0.1) is 17.3 Å². The van der Waals surface area contributed by atoms with Crippen molar-refractivity contribution in [3.63, 3.8) is 0 Å². The van der Waals surface area contributed by atoms with E-state index in [9.17, 15) is 20.1 Å². The van der Waals surface area contributed by atoms with Crippen LogP contribution in [0.2, 0.25) is 0 Å². The molecule has 0 bridgehead atoms. The second kappa shape index (κ2) is 8.17. The molecule has 5 rings (SSSR count). The lowest BCUT2D eigenvalue weighted by molar-refractivity contribution is -0.241. The first-order chi connectivity index (χ1) is 15.7. The second-order valence-electron chi connectivity index (χ2n) is 11.9. The van der Waals surface area contributed by atoms with E-state index in [2.05, 4.69) is 20.1 Å². The van der Waals surface area contributed by atoms with Crippen LogP contribution in [0.4, 0.5) is 0 Å². The highest BCUT2D eigenvalue weighted by molar-refractivity contribution is 5.84. The van der Waals surface area contributed by atoms with E-state index in [1.54, 1.807) is 0 Å². The summed E-state index contributed by atoms with van der Waals surface area (Å²) in [6.45, 7) is 5.12. The zero-order valence-corrected chi connectivity index (χ0v) is 20.2. The number of aliphatic imine (C=N–C) groups is 1. The maximum Gasteiger partial charge on any atom is 0.331 e. The average molecular weight is 460 g/mol. The molecule has 4 fully saturated rings. The number of fused-ring (bicyclic) bond motifs is 5. The normalized spacial score (nSPS) is 51.3. The van der Waals surface area contributed by atoms with Crippen molar-refractivity contribution < 1.29 is 24.9 Å². The van der Waals surface area contributed by atoms with Gasteiger partial charge in [-0.2, -0.15) is 0 Å². The molecule has 0 aromatic rings. The number of cyclic esters (lactones) is 1. The van der Waals surface area contributed by atoms with Crippen molar-refractivity contribution in [2.24, 2.45) is 33.6 Å². The van der Waals surface area contributed by atoms with Crippen LogP contribution in [0.5, 0.6) is 0 Å². The van der Waals surface area contributed by atoms with E-state index in [4.69, 9.17) is 9.73 Å². The molecule has 0 amide bonds. The van der Waals surface area contributed by atoms with Gasteiger partial charge in [0.15, 0.2) is 0 Å². The van der Waals surface area contributed by atoms with Gasteiger partial charge >= 0.3 is 5.97 Å². The SMILES string of the molecule is CCCCN=C[C@]12CC[C@H](O)C[C@]1(O)CC[C@@H]1[C@@H]2CC[C@]2(C)[C@H]([C@H]3C=CC(=O)O3)CC[C@@]12O. The molecule has 0 radical (unpaired) electrons. The Morgan fingerprint density at radius 3 is 2.58 bits per heavy atom. The molecule has 3 N–H and O–H groups in total. The van der Waals surface area contributed by atoms with Crippen LogP contribution in [0.15, 0.2) is 17.1 Å². The van der Waals surface area contributed by atoms with Gasteiger partial charge in [0, 0.05) is 42.0 Å². The standard InChI is InChI=1S/C27H41NO5/c1-3-4-15-28-17-25-12-7-18(29)16-26(25,31)13-9-20-19(25)8-11-24(2)21(10-14-27(20,24)32)22-5-6-23(30)33-22/h5-6,17-22,29,31-32H,3-4,7-16H2,1-2H3/t18-,19-,20+,21-,22+,24+,25-,26+,27+/m0/s1. The van der Waals surface area contributed by atoms with Gasteiger partial charge in [-0.1, -0.05) is 20.3 Å². The Bertz CT molecular complexity index is 842. The van der Waals surface area contributed by atoms with Gasteiger partial charge in [0.2, 0.25) is 0 Å². The average Bonchev–Trinajstić information content (AvgIpc) is 3.31. The van der Waals surface area contributed by atoms with Crippen molar-refractivity contribution in [3.8, 4) is 0 Å². The third-order valence-electron chi connectivity index (χ3n) is 10.6. The topological polar surface area (TPSA) is 99.4 Å². The fraction of sp³-hybridized carbons (Fsp3) is 0.852. The summed E-state index contributed by atoms with van der Waals surface area (Å²) in [5, 5.41) is 34.8. The van der Waals surface area contributed by atoms with E-state index in [0.29, 0.717) is 25.7 Å². The molecule has 184 valence electrons. The number of rotatable bonds is 5. The largest absolute Gasteiger partial charge is 0.455 e. The van der Waals surface area contributed by atoms with Gasteiger partial charge in [-0.15, -0.1) is 0 Å². The van der Waals surface area contributed by atoms with Gasteiger partial charge in [0.25, 0.3) is 0 Å². The van der Waals surface area contributed by atoms with Crippen molar-refractivity contribution in [2.45, 2.75) is 108 Å². The first-order valence-corrected chi connectivity index (χ1v) is 13.2. The molecular formula is C27H41NO5. The van der Waals surface area contributed by atoms with Crippen LogP contribution in [-0.4, -0.2) is 57.5 Å². The van der Waals surface area contributed by atoms with Crippen LogP contribution in [0.3, 0.4) is 0 Å². The number of carbonyl (C=O) groups excluding carboxylic acids is 1. The second-order valence-corrected chi connectivity index (χ2v) is 11.9. The predicted molar refractivity (Wildman–Crippen MR) is 126 cm³/mol. The van der Waals surface area contributed by atoms with Crippen molar-refractivity contribution in [2.75, 3.05) is 6.54 Å². The smallest absolute Gasteiger partial charge is 0.331 e. The number of hydrogen-bond donors (Lipinski definition) is 3. The van der Waals surface area contributed by atoms with Crippen molar-refractivity contribution in [1.29, 1.82) is 0 Å². The zero-order valence-electron chi connectivity index (χ0n) is 20.2. The van der Waals surface area contributed by atoms with E-state index < -0.39 is 22.7 Å². The van der Waals surface area contributed by atoms with Crippen molar-refractivity contribution >= 4 is 12.2 Å². The van der Waals surface area contributed by atoms with Gasteiger partial charge < -0.3 is 20.1 Å². The Morgan fingerprint density at radius 2 is 1.85 bits per heavy atom. The number of nitrogens with zero attached hydrogens (tertiary/aromatic N) is 1. The third kappa shape index (κ3) is 3.30. The first kappa shape index (κ1) is 23.5. The van der Waals surface area contributed by atoms with Crippen molar-refractivity contribution in [1.82, 2.24) is 0 Å². The first-order valence-electron chi connectivity index (χ1n) is 13.2. The number of esters is 1. The molecule has 4 aliphatic carbocycles. The van der Waals surface area contributed by atoms with Gasteiger partial charge in [-0.25, -0.2) is 4.79 Å². The monoisotopic (exact) mass is 459 g/mol. The number of carbonyl (C=O) groups is 1. The fourth-order valence-corrected chi connectivity index (χ4v) is 8.82. The van der Waals surface area contributed by atoms with Crippen LogP contribution in [0.1, 0.15) is 84.5 Å². The number of aliphatic hydroxyl groups excluding tert-OH is 1. The summed E-state index contributed by atoms with van der Waals surface area (Å²) in [5.74, 6) is 0.0656. The molecule has 0 saturated heterocycles. The molecule has 0 aromatic carbocycles. The Labute approximate surface area is 197 Å². The molecule has 6 nitrogen and oxygen atoms in total. The maximum absolute atomic E-state index is 12.4. The lowest BCUT2D eigenvalue weighted by Crippen LogP contribution is -2.69. The van der Waals surface area contributed by atoms with E-state index in [1.807, 2.05) is 6.08 Å². The summed E-state index contributed by atoms with van der Waals surface area (Å²) in [7, 11) is 0. The van der Waals surface area contributed by atoms with Gasteiger partial charge in [-0.05, 0) is 75.7 Å². The Balaban J connectivity index is 1.49. The molecular weight excluding hydrogens is 418 g/mol. The Morgan fingerprint density at radius 1 is 1.09 bits per heavy atom. The summed E-state index contributed by atoms with van der Waals surface area (Å²) >= 11 is 0. The van der Waals surface area contributed by atoms with Crippen LogP contribution in [0.25, 0.3) is 0 Å². The minimum absolute atomic E-state index is 0.0791.